The van der Waals surface area contributed by atoms with Gasteiger partial charge in [-0.25, -0.2) is 13.2 Å². The molecule has 22 heteroatoms. The van der Waals surface area contributed by atoms with Crippen molar-refractivity contribution in [3.8, 4) is 0 Å². The Hall–Kier alpha value is -5.06. The molecule has 1 saturated heterocycles. The molecule has 4 N–H and O–H groups in total. The number of hydroxylamine groups is 1. The van der Waals surface area contributed by atoms with Crippen molar-refractivity contribution in [3.05, 3.63) is 35.9 Å². The number of amides is 6. The minimum absolute atomic E-state index is 0.00861. The molecule has 6 amide bonds. The molecule has 0 bridgehead atoms. The zero-order chi connectivity index (χ0) is 52.9. The van der Waals surface area contributed by atoms with Gasteiger partial charge in [0.2, 0.25) is 33.7 Å². The van der Waals surface area contributed by atoms with Crippen LogP contribution >= 0.6 is 0 Å². The van der Waals surface area contributed by atoms with E-state index in [-0.39, 0.29) is 55.9 Å². The Labute approximate surface area is 416 Å². The van der Waals surface area contributed by atoms with Crippen LogP contribution in [-0.4, -0.2) is 187 Å². The Morgan fingerprint density at radius 3 is 2.13 bits per heavy atom. The number of aliphatic imine (C=N–C) groups is 1. The van der Waals surface area contributed by atoms with Crippen LogP contribution in [0.4, 0.5) is 4.79 Å². The number of ether oxygens (including phenoxy) is 3. The van der Waals surface area contributed by atoms with Crippen molar-refractivity contribution < 1.29 is 56.2 Å². The first-order valence-electron chi connectivity index (χ1n) is 24.0. The summed E-state index contributed by atoms with van der Waals surface area (Å²) in [6.07, 6.45) is -0.261. The maximum absolute atomic E-state index is 14.3. The highest BCUT2D eigenvalue weighted by molar-refractivity contribution is 7.90. The highest BCUT2D eigenvalue weighted by Crippen LogP contribution is 2.30. The average Bonchev–Trinajstić information content (AvgIpc) is 3.76. The maximum atomic E-state index is 14.3. The predicted octanol–water partition coefficient (Wildman–Crippen LogP) is 2.55. The Morgan fingerprint density at radius 1 is 0.914 bits per heavy atom. The zero-order valence-electron chi connectivity index (χ0n) is 44.0. The summed E-state index contributed by atoms with van der Waals surface area (Å²) in [5, 5.41) is 5.22. The Balaban J connectivity index is 2.16. The highest BCUT2D eigenvalue weighted by Gasteiger charge is 2.42. The molecule has 2 rings (SSSR count). The van der Waals surface area contributed by atoms with E-state index in [0.717, 1.165) is 12.4 Å². The monoisotopic (exact) mass is 1010 g/mol. The Bertz CT molecular complexity index is 1970. The number of carbonyl (C=O) groups is 6. The van der Waals surface area contributed by atoms with Crippen molar-refractivity contribution in [3.63, 3.8) is 0 Å². The number of hydrogen-bond donors (Lipinski definition) is 4. The second-order valence-corrected chi connectivity index (χ2v) is 21.4. The van der Waals surface area contributed by atoms with Crippen LogP contribution in [0.2, 0.25) is 0 Å². The van der Waals surface area contributed by atoms with Crippen LogP contribution in [0.25, 0.3) is 0 Å². The number of likely N-dealkylation sites (tertiary alicyclic amines) is 1. The summed E-state index contributed by atoms with van der Waals surface area (Å²) in [6.45, 7) is 12.9. The van der Waals surface area contributed by atoms with Crippen LogP contribution in [0.15, 0.2) is 35.3 Å². The second kappa shape index (κ2) is 29.3. The summed E-state index contributed by atoms with van der Waals surface area (Å²) in [4.78, 5) is 96.6. The van der Waals surface area contributed by atoms with Crippen LogP contribution in [0.3, 0.4) is 0 Å². The number of carbonyl (C=O) groups excluding carboxylic acids is 6. The molecule has 1 aromatic rings. The molecule has 0 spiro atoms. The van der Waals surface area contributed by atoms with Crippen LogP contribution in [0.1, 0.15) is 92.6 Å². The van der Waals surface area contributed by atoms with Gasteiger partial charge in [0.05, 0.1) is 42.4 Å². The molecule has 0 aromatic heterocycles. The SMILES string of the molecule is CC[C@H](C)[C@@H]([C@H](CC(=O)N1CCC[C@H]1[C@H](OC)[C@@H](C)C(=O)N[C@@H](Cc1ccccc1)C(=O)NS(=O)(=O)CCCNC(=O)CONC(=O)OC(C)(C)C)OC)N(C)C(=O)CC(C)CN=C(N(C)C)N(C)C. The van der Waals surface area contributed by atoms with Crippen molar-refractivity contribution in [2.75, 3.05) is 81.5 Å². The van der Waals surface area contributed by atoms with Gasteiger partial charge in [0.15, 0.2) is 12.6 Å². The molecule has 1 heterocycles. The summed E-state index contributed by atoms with van der Waals surface area (Å²) in [6, 6.07) is 6.55. The van der Waals surface area contributed by atoms with E-state index < -0.39 is 88.1 Å². The third-order valence-electron chi connectivity index (χ3n) is 12.0. The lowest BCUT2D eigenvalue weighted by atomic mass is 9.90. The van der Waals surface area contributed by atoms with E-state index in [1.54, 1.807) is 82.0 Å². The first kappa shape index (κ1) is 61.1. The molecule has 1 fully saturated rings. The molecule has 0 aliphatic carbocycles. The van der Waals surface area contributed by atoms with Gasteiger partial charge in [-0.2, -0.15) is 5.48 Å². The molecule has 398 valence electrons. The van der Waals surface area contributed by atoms with Crippen LogP contribution in [0.5, 0.6) is 0 Å². The molecule has 8 atom stereocenters. The first-order chi connectivity index (χ1) is 32.7. The van der Waals surface area contributed by atoms with Gasteiger partial charge in [-0.15, -0.1) is 0 Å². The van der Waals surface area contributed by atoms with Gasteiger partial charge in [0.1, 0.15) is 11.6 Å². The molecule has 70 heavy (non-hydrogen) atoms. The third kappa shape index (κ3) is 20.7. The van der Waals surface area contributed by atoms with Gasteiger partial charge < -0.3 is 44.4 Å². The lowest BCUT2D eigenvalue weighted by Crippen LogP contribution is -2.55. The quantitative estimate of drug-likeness (QED) is 0.0429. The predicted molar refractivity (Wildman–Crippen MR) is 267 cm³/mol. The smallest absolute Gasteiger partial charge is 0.431 e. The normalized spacial score (nSPS) is 16.8. The van der Waals surface area contributed by atoms with Crippen LogP contribution in [0, 0.1) is 17.8 Å². The summed E-state index contributed by atoms with van der Waals surface area (Å²) in [5.41, 5.74) is 1.87. The van der Waals surface area contributed by atoms with E-state index in [2.05, 4.69) is 15.4 Å². The molecular weight excluding hydrogens is 927 g/mol. The molecule has 0 radical (unpaired) electrons. The fourth-order valence-corrected chi connectivity index (χ4v) is 9.47. The number of nitrogens with zero attached hydrogens (tertiary/aromatic N) is 5. The summed E-state index contributed by atoms with van der Waals surface area (Å²) < 4.78 is 45.3. The minimum Gasteiger partial charge on any atom is -0.442 e. The lowest BCUT2D eigenvalue weighted by Gasteiger charge is -2.39. The van der Waals surface area contributed by atoms with Gasteiger partial charge in [0.25, 0.3) is 5.91 Å². The van der Waals surface area contributed by atoms with Crippen molar-refractivity contribution >= 4 is 51.6 Å². The number of sulfonamides is 1. The molecule has 1 aliphatic rings. The van der Waals surface area contributed by atoms with Crippen molar-refractivity contribution in [2.45, 2.75) is 129 Å². The van der Waals surface area contributed by atoms with Crippen molar-refractivity contribution in [2.24, 2.45) is 22.7 Å². The van der Waals surface area contributed by atoms with Gasteiger partial charge in [0, 0.05) is 81.9 Å². The molecule has 1 aromatic carbocycles. The van der Waals surface area contributed by atoms with Crippen LogP contribution < -0.4 is 20.8 Å². The molecule has 0 saturated carbocycles. The van der Waals surface area contributed by atoms with Gasteiger partial charge >= 0.3 is 6.09 Å². The minimum atomic E-state index is -4.24. The highest BCUT2D eigenvalue weighted by atomic mass is 32.2. The van der Waals surface area contributed by atoms with E-state index in [4.69, 9.17) is 24.0 Å². The summed E-state index contributed by atoms with van der Waals surface area (Å²) in [5.74, 6) is -3.15. The Morgan fingerprint density at radius 2 is 1.56 bits per heavy atom. The molecule has 1 aliphatic heterocycles. The van der Waals surface area contributed by atoms with E-state index in [1.165, 1.54) is 7.11 Å². The standard InChI is InChI=1S/C48H83N9O12S/c1-15-33(3)42(56(12)40(59)27-32(2)30-50-46(54(8)9)55(10)11)38(66-13)29-41(60)57-25-19-23-37(57)43(67-14)34(4)44(61)51-36(28-35-21-17-16-18-22-35)45(62)53-70(64,65)26-20-24-49-39(58)31-68-52-47(63)69-48(5,6)7/h16-18,21-22,32-34,36-38,42-43H,15,19-20,23-31H2,1-14H3,(H,49,58)(H,51,61)(H,52,63)(H,53,62)/t32?,33-,34+,36-,37-,38-,42-,43+/m0/s1. The number of methoxy groups -OCH3 is 2. The number of nitrogens with one attached hydrogen (secondary N) is 4. The average molecular weight is 1010 g/mol. The van der Waals surface area contributed by atoms with Crippen molar-refractivity contribution in [1.29, 1.82) is 0 Å². The number of benzene rings is 1. The second-order valence-electron chi connectivity index (χ2n) is 19.5. The first-order valence-corrected chi connectivity index (χ1v) is 25.7. The largest absolute Gasteiger partial charge is 0.442 e. The summed E-state index contributed by atoms with van der Waals surface area (Å²) >= 11 is 0. The fraction of sp³-hybridized carbons (Fsp3) is 0.729. The topological polar surface area (TPSA) is 247 Å². The number of likely N-dealkylation sites (N-methyl/N-ethyl adjacent to an activating group) is 1. The number of guanidine groups is 1. The zero-order valence-corrected chi connectivity index (χ0v) is 44.9. The molecular formula is C48H83N9O12S. The van der Waals surface area contributed by atoms with Gasteiger partial charge in [-0.05, 0) is 57.4 Å². The third-order valence-corrected chi connectivity index (χ3v) is 13.4. The number of hydrogen-bond acceptors (Lipinski definition) is 13. The van der Waals surface area contributed by atoms with E-state index in [9.17, 15) is 37.2 Å². The van der Waals surface area contributed by atoms with E-state index in [0.29, 0.717) is 31.5 Å². The van der Waals surface area contributed by atoms with E-state index >= 15 is 0 Å². The summed E-state index contributed by atoms with van der Waals surface area (Å²) in [7, 11) is 8.20. The van der Waals surface area contributed by atoms with Gasteiger partial charge in [-0.3, -0.25) is 38.5 Å². The lowest BCUT2D eigenvalue weighted by molar-refractivity contribution is -0.146. The fourth-order valence-electron chi connectivity index (χ4n) is 8.39. The van der Waals surface area contributed by atoms with Crippen LogP contribution in [-0.2, 0) is 59.5 Å². The molecule has 21 nitrogen and oxygen atoms in total. The Kier molecular flexibility index (Phi) is 25.6. The van der Waals surface area contributed by atoms with E-state index in [1.807, 2.05) is 64.2 Å². The maximum Gasteiger partial charge on any atom is 0.431 e. The number of rotatable bonds is 27. The molecule has 1 unspecified atom stereocenters. The van der Waals surface area contributed by atoms with Gasteiger partial charge in [-0.1, -0.05) is 64.4 Å². The van der Waals surface area contributed by atoms with Crippen molar-refractivity contribution in [1.82, 2.24) is 40.4 Å².